The maximum absolute atomic E-state index is 12.9. The molecule has 0 aromatic carbocycles. The zero-order valence-electron chi connectivity index (χ0n) is 9.86. The van der Waals surface area contributed by atoms with Crippen LogP contribution in [0.25, 0.3) is 0 Å². The van der Waals surface area contributed by atoms with E-state index in [1.54, 1.807) is 0 Å². The maximum atomic E-state index is 12.9. The molecule has 1 fully saturated rings. The summed E-state index contributed by atoms with van der Waals surface area (Å²) in [5, 5.41) is 9.90. The first kappa shape index (κ1) is 14.3. The Hall–Kier alpha value is -2.16. The quantitative estimate of drug-likeness (QED) is 0.810. The van der Waals surface area contributed by atoms with Crippen molar-refractivity contribution in [1.29, 1.82) is 0 Å². The van der Waals surface area contributed by atoms with Gasteiger partial charge in [-0.3, -0.25) is 15.2 Å². The van der Waals surface area contributed by atoms with Gasteiger partial charge >= 0.3 is 0 Å². The summed E-state index contributed by atoms with van der Waals surface area (Å²) < 4.78 is 50.8. The van der Waals surface area contributed by atoms with Gasteiger partial charge in [0.05, 0.1) is 6.42 Å². The Morgan fingerprint density at radius 3 is 2.50 bits per heavy atom. The molecule has 0 bridgehead atoms. The van der Waals surface area contributed by atoms with Gasteiger partial charge in [-0.15, -0.1) is 0 Å². The number of nitrogens with one attached hydrogen (secondary N) is 1. The Morgan fingerprint density at radius 2 is 2.00 bits per heavy atom. The summed E-state index contributed by atoms with van der Waals surface area (Å²) in [4.78, 5) is 15.6. The molecule has 1 aromatic heterocycles. The molecule has 5 nitrogen and oxygen atoms in total. The average molecular weight is 291 g/mol. The maximum Gasteiger partial charge on any atom is 0.291 e. The smallest absolute Gasteiger partial charge is 0.291 e. The molecule has 2 rings (SSSR count). The van der Waals surface area contributed by atoms with Gasteiger partial charge in [0.15, 0.2) is 0 Å². The lowest BCUT2D eigenvalue weighted by Gasteiger charge is -2.31. The van der Waals surface area contributed by atoms with E-state index < -0.39 is 36.3 Å². The molecule has 1 amide bonds. The molecule has 1 saturated heterocycles. The van der Waals surface area contributed by atoms with Gasteiger partial charge in [-0.1, -0.05) is 0 Å². The van der Waals surface area contributed by atoms with Crippen molar-refractivity contribution in [3.63, 3.8) is 0 Å². The van der Waals surface area contributed by atoms with E-state index in [2.05, 4.69) is 4.98 Å². The summed E-state index contributed by atoms with van der Waals surface area (Å²) in [6.45, 7) is 0. The van der Waals surface area contributed by atoms with Gasteiger partial charge in [0, 0.05) is 18.0 Å². The number of hydrogen-bond donors (Lipinski definition) is 2. The molecule has 1 atom stereocenters. The lowest BCUT2D eigenvalue weighted by atomic mass is 10.1. The third-order valence-corrected chi connectivity index (χ3v) is 2.78. The summed E-state index contributed by atoms with van der Waals surface area (Å²) in [5.74, 6) is -1.06. The molecule has 108 valence electrons. The van der Waals surface area contributed by atoms with Crippen molar-refractivity contribution in [2.45, 2.75) is 18.6 Å². The van der Waals surface area contributed by atoms with Crippen LogP contribution in [0.5, 0.6) is 0 Å². The Morgan fingerprint density at radius 1 is 1.40 bits per heavy atom. The van der Waals surface area contributed by atoms with E-state index in [0.29, 0.717) is 0 Å². The number of carbonyl (C=O) groups excluding carboxylic acids is 1. The van der Waals surface area contributed by atoms with Gasteiger partial charge in [-0.05, 0) is 12.1 Å². The Labute approximate surface area is 110 Å². The van der Waals surface area contributed by atoms with Crippen LogP contribution < -0.4 is 5.43 Å². The molecule has 9 heteroatoms. The monoisotopic (exact) mass is 291 g/mol. The minimum Gasteiger partial charge on any atom is -0.364 e. The second-order valence-electron chi connectivity index (χ2n) is 4.08. The van der Waals surface area contributed by atoms with E-state index in [0.717, 1.165) is 0 Å². The van der Waals surface area contributed by atoms with Crippen molar-refractivity contribution >= 4 is 5.91 Å². The number of aromatic nitrogens is 1. The van der Waals surface area contributed by atoms with E-state index >= 15 is 0 Å². The zero-order valence-corrected chi connectivity index (χ0v) is 9.86. The molecule has 0 saturated carbocycles. The Balaban J connectivity index is 2.38. The van der Waals surface area contributed by atoms with Crippen LogP contribution in [0.2, 0.25) is 0 Å². The summed E-state index contributed by atoms with van der Waals surface area (Å²) in [5.41, 5.74) is -2.20. The van der Waals surface area contributed by atoms with Crippen LogP contribution in [-0.2, 0) is 0 Å². The fourth-order valence-electron chi connectivity index (χ4n) is 1.74. The number of hydrazine groups is 1. The normalized spacial score (nSPS) is 22.1. The second-order valence-corrected chi connectivity index (χ2v) is 4.08. The van der Waals surface area contributed by atoms with E-state index in [1.165, 1.54) is 24.5 Å². The number of rotatable bonds is 2. The molecule has 1 aliphatic heterocycles. The summed E-state index contributed by atoms with van der Waals surface area (Å²) in [7, 11) is 0. The number of alkyl halides is 2. The summed E-state index contributed by atoms with van der Waals surface area (Å²) in [6, 6.07) is 2.42. The minimum absolute atomic E-state index is 0.0768. The van der Waals surface area contributed by atoms with Crippen molar-refractivity contribution in [3.05, 3.63) is 41.9 Å². The number of nitrogens with zero attached hydrogens (tertiary/aromatic N) is 2. The zero-order chi connectivity index (χ0) is 14.9. The first-order valence-corrected chi connectivity index (χ1v) is 5.42. The standard InChI is InChI=1S/C11H9F4N3O2/c12-8(13)7-5-11(20,10(14)15)18(17-7)9(19)6-1-3-16-4-2-6/h1-4,10,17,20H,5H2. The van der Waals surface area contributed by atoms with Crippen LogP contribution in [-0.4, -0.2) is 33.2 Å². The van der Waals surface area contributed by atoms with Crippen LogP contribution in [0.3, 0.4) is 0 Å². The highest BCUT2D eigenvalue weighted by molar-refractivity contribution is 5.94. The van der Waals surface area contributed by atoms with E-state index in [9.17, 15) is 27.5 Å². The third kappa shape index (κ3) is 2.31. The molecule has 1 aliphatic rings. The van der Waals surface area contributed by atoms with Crippen LogP contribution in [0.15, 0.2) is 36.3 Å². The highest BCUT2D eigenvalue weighted by atomic mass is 19.3. The number of hydrogen-bond acceptors (Lipinski definition) is 4. The van der Waals surface area contributed by atoms with Crippen molar-refractivity contribution in [1.82, 2.24) is 15.4 Å². The minimum atomic E-state index is -3.42. The molecule has 0 radical (unpaired) electrons. The lowest BCUT2D eigenvalue weighted by molar-refractivity contribution is -0.168. The van der Waals surface area contributed by atoms with Crippen molar-refractivity contribution in [3.8, 4) is 0 Å². The molecule has 1 aromatic rings. The van der Waals surface area contributed by atoms with Crippen LogP contribution >= 0.6 is 0 Å². The predicted octanol–water partition coefficient (Wildman–Crippen LogP) is 1.49. The van der Waals surface area contributed by atoms with Crippen molar-refractivity contribution < 1.29 is 27.5 Å². The second kappa shape index (κ2) is 5.08. The van der Waals surface area contributed by atoms with Gasteiger partial charge < -0.3 is 5.11 Å². The number of pyridine rings is 1. The largest absolute Gasteiger partial charge is 0.364 e. The molecule has 2 heterocycles. The van der Waals surface area contributed by atoms with Crippen LogP contribution in [0, 0.1) is 0 Å². The van der Waals surface area contributed by atoms with E-state index in [4.69, 9.17) is 0 Å². The van der Waals surface area contributed by atoms with Crippen molar-refractivity contribution in [2.24, 2.45) is 0 Å². The lowest BCUT2D eigenvalue weighted by Crippen LogP contribution is -2.55. The predicted molar refractivity (Wildman–Crippen MR) is 58.4 cm³/mol. The average Bonchev–Trinajstić information content (AvgIpc) is 2.79. The molecular weight excluding hydrogens is 282 g/mol. The van der Waals surface area contributed by atoms with Gasteiger partial charge in [0.25, 0.3) is 18.4 Å². The fourth-order valence-corrected chi connectivity index (χ4v) is 1.74. The highest BCUT2D eigenvalue weighted by Crippen LogP contribution is 2.35. The number of aliphatic hydroxyl groups is 1. The highest BCUT2D eigenvalue weighted by Gasteiger charge is 2.53. The molecule has 2 N–H and O–H groups in total. The van der Waals surface area contributed by atoms with E-state index in [-0.39, 0.29) is 10.6 Å². The number of halogens is 4. The van der Waals surface area contributed by atoms with Gasteiger partial charge in [0.1, 0.15) is 5.70 Å². The number of carbonyl (C=O) groups is 1. The first-order valence-electron chi connectivity index (χ1n) is 5.42. The van der Waals surface area contributed by atoms with Gasteiger partial charge in [-0.2, -0.15) is 8.78 Å². The Bertz CT molecular complexity index is 548. The topological polar surface area (TPSA) is 65.5 Å². The van der Waals surface area contributed by atoms with Gasteiger partial charge in [0.2, 0.25) is 5.72 Å². The summed E-state index contributed by atoms with van der Waals surface area (Å²) in [6.07, 6.45) is -4.30. The summed E-state index contributed by atoms with van der Waals surface area (Å²) >= 11 is 0. The van der Waals surface area contributed by atoms with Crippen LogP contribution in [0.4, 0.5) is 17.6 Å². The third-order valence-electron chi connectivity index (χ3n) is 2.78. The van der Waals surface area contributed by atoms with Crippen molar-refractivity contribution in [2.75, 3.05) is 0 Å². The first-order chi connectivity index (χ1) is 9.36. The molecular formula is C11H9F4N3O2. The van der Waals surface area contributed by atoms with Crippen LogP contribution in [0.1, 0.15) is 16.8 Å². The van der Waals surface area contributed by atoms with E-state index in [1.807, 2.05) is 5.43 Å². The number of amides is 1. The fraction of sp³-hybridized carbons (Fsp3) is 0.273. The molecule has 20 heavy (non-hydrogen) atoms. The SMILES string of the molecule is O=C(c1ccncc1)N1NC(=C(F)F)CC1(O)C(F)F. The molecule has 0 spiro atoms. The molecule has 0 aliphatic carbocycles. The Kier molecular flexibility index (Phi) is 3.62. The molecule has 1 unspecified atom stereocenters. The van der Waals surface area contributed by atoms with Gasteiger partial charge in [-0.25, -0.2) is 13.8 Å².